The van der Waals surface area contributed by atoms with Crippen LogP contribution in [0.4, 0.5) is 11.4 Å². The predicted molar refractivity (Wildman–Crippen MR) is 120 cm³/mol. The fourth-order valence-corrected chi connectivity index (χ4v) is 4.16. The fraction of sp³-hybridized carbons (Fsp3) is 0.304. The Morgan fingerprint density at radius 3 is 2.62 bits per heavy atom. The van der Waals surface area contributed by atoms with Crippen molar-refractivity contribution in [1.29, 1.82) is 0 Å². The molecule has 0 bridgehead atoms. The minimum atomic E-state index is -0.408. The lowest BCUT2D eigenvalue weighted by Crippen LogP contribution is -2.18. The van der Waals surface area contributed by atoms with Crippen LogP contribution in [-0.4, -0.2) is 16.1 Å². The lowest BCUT2D eigenvalue weighted by molar-refractivity contribution is 0.538. The molecule has 0 aliphatic heterocycles. The Morgan fingerprint density at radius 2 is 1.86 bits per heavy atom. The summed E-state index contributed by atoms with van der Waals surface area (Å²) in [6.07, 6.45) is 6.03. The summed E-state index contributed by atoms with van der Waals surface area (Å²) in [5.74, 6) is 0.191. The van der Waals surface area contributed by atoms with Crippen molar-refractivity contribution in [1.82, 2.24) is 9.55 Å². The van der Waals surface area contributed by atoms with Gasteiger partial charge in [0.25, 0.3) is 0 Å². The first-order valence-electron chi connectivity index (χ1n) is 10.2. The molecule has 0 radical (unpaired) electrons. The number of para-hydroxylation sites is 2. The van der Waals surface area contributed by atoms with Crippen molar-refractivity contribution in [3.63, 3.8) is 0 Å². The molecule has 0 saturated heterocycles. The van der Waals surface area contributed by atoms with Gasteiger partial charge in [-0.25, -0.2) is 14.3 Å². The van der Waals surface area contributed by atoms with Gasteiger partial charge in [0.05, 0.1) is 16.7 Å². The van der Waals surface area contributed by atoms with Gasteiger partial charge in [-0.3, -0.25) is 0 Å². The molecule has 2 aromatic carbocycles. The van der Waals surface area contributed by atoms with E-state index in [1.165, 1.54) is 37.0 Å². The Labute approximate surface area is 174 Å². The summed E-state index contributed by atoms with van der Waals surface area (Å²) in [4.78, 5) is 19.2. The van der Waals surface area contributed by atoms with Gasteiger partial charge in [0.2, 0.25) is 0 Å². The van der Waals surface area contributed by atoms with E-state index < -0.39 is 5.76 Å². The molecule has 29 heavy (non-hydrogen) atoms. The summed E-state index contributed by atoms with van der Waals surface area (Å²) in [7, 11) is 0. The maximum atomic E-state index is 12.6. The van der Waals surface area contributed by atoms with Crippen LogP contribution in [0.1, 0.15) is 39.0 Å². The van der Waals surface area contributed by atoms with E-state index in [0.29, 0.717) is 11.4 Å². The van der Waals surface area contributed by atoms with Gasteiger partial charge in [-0.15, -0.1) is 11.3 Å². The number of hydrogen-bond donors (Lipinski definition) is 0. The van der Waals surface area contributed by atoms with Gasteiger partial charge in [-0.05, 0) is 30.7 Å². The first-order valence-corrected chi connectivity index (χ1v) is 11.1. The van der Waals surface area contributed by atoms with Crippen molar-refractivity contribution in [2.75, 3.05) is 11.4 Å². The number of anilines is 2. The molecule has 6 heteroatoms. The zero-order chi connectivity index (χ0) is 20.1. The summed E-state index contributed by atoms with van der Waals surface area (Å²) in [5, 5.41) is 1.85. The molecule has 0 N–H and O–H groups in total. The van der Waals surface area contributed by atoms with E-state index in [1.807, 2.05) is 41.8 Å². The number of thiazole rings is 1. The average molecular weight is 408 g/mol. The molecule has 150 valence electrons. The number of unbranched alkanes of at least 4 members (excludes halogenated alkanes) is 4. The summed E-state index contributed by atoms with van der Waals surface area (Å²) < 4.78 is 7.27. The smallest absolute Gasteiger partial charge is 0.405 e. The monoisotopic (exact) mass is 407 g/mol. The molecule has 0 aliphatic rings. The summed E-state index contributed by atoms with van der Waals surface area (Å²) in [6, 6.07) is 16.2. The number of oxazole rings is 1. The van der Waals surface area contributed by atoms with Crippen LogP contribution in [0.3, 0.4) is 0 Å². The zero-order valence-electron chi connectivity index (χ0n) is 16.6. The lowest BCUT2D eigenvalue weighted by Gasteiger charge is -2.25. The minimum Gasteiger partial charge on any atom is -0.405 e. The number of hydrogen-bond acceptors (Lipinski definition) is 5. The van der Waals surface area contributed by atoms with Crippen LogP contribution in [0.5, 0.6) is 0 Å². The average Bonchev–Trinajstić information content (AvgIpc) is 3.38. The maximum Gasteiger partial charge on any atom is 0.425 e. The van der Waals surface area contributed by atoms with Crippen molar-refractivity contribution in [2.24, 2.45) is 0 Å². The first-order chi connectivity index (χ1) is 14.3. The van der Waals surface area contributed by atoms with Crippen LogP contribution < -0.4 is 10.7 Å². The second-order valence-corrected chi connectivity index (χ2v) is 7.80. The molecule has 0 fully saturated rings. The van der Waals surface area contributed by atoms with E-state index in [1.54, 1.807) is 10.1 Å². The van der Waals surface area contributed by atoms with Crippen LogP contribution in [0.2, 0.25) is 0 Å². The third-order valence-electron chi connectivity index (χ3n) is 5.08. The van der Waals surface area contributed by atoms with E-state index in [9.17, 15) is 4.79 Å². The van der Waals surface area contributed by atoms with Crippen molar-refractivity contribution in [3.05, 3.63) is 70.0 Å². The maximum absolute atomic E-state index is 12.6. The Morgan fingerprint density at radius 1 is 1.03 bits per heavy atom. The van der Waals surface area contributed by atoms with E-state index >= 15 is 0 Å². The third-order valence-corrected chi connectivity index (χ3v) is 5.65. The normalized spacial score (nSPS) is 11.2. The Balaban J connectivity index is 1.74. The molecule has 0 saturated carbocycles. The van der Waals surface area contributed by atoms with Crippen molar-refractivity contribution in [3.8, 4) is 5.82 Å². The van der Waals surface area contributed by atoms with Gasteiger partial charge in [0, 0.05) is 17.6 Å². The highest BCUT2D eigenvalue weighted by Gasteiger charge is 2.19. The molecule has 0 spiro atoms. The molecule has 4 rings (SSSR count). The van der Waals surface area contributed by atoms with Crippen LogP contribution >= 0.6 is 11.3 Å². The van der Waals surface area contributed by atoms with Gasteiger partial charge < -0.3 is 9.32 Å². The van der Waals surface area contributed by atoms with Crippen molar-refractivity contribution < 1.29 is 4.42 Å². The molecule has 4 aromatic rings. The Bertz CT molecular complexity index is 1100. The SMILES string of the molecule is CCCCCCCN(c1ccccc1)c1cccc2c1oc(=O)n2-c1cscn1. The Kier molecular flexibility index (Phi) is 6.10. The Hall–Kier alpha value is -2.86. The molecule has 0 aliphatic carbocycles. The minimum absolute atomic E-state index is 0.408. The van der Waals surface area contributed by atoms with E-state index in [-0.39, 0.29) is 0 Å². The highest BCUT2D eigenvalue weighted by molar-refractivity contribution is 7.07. The fourth-order valence-electron chi connectivity index (χ4n) is 3.64. The molecule has 0 unspecified atom stereocenters. The molecule has 2 heterocycles. The molecular formula is C23H25N3O2S. The van der Waals surface area contributed by atoms with Gasteiger partial charge in [0.15, 0.2) is 11.4 Å². The quantitative estimate of drug-likeness (QED) is 0.312. The number of nitrogens with zero attached hydrogens (tertiary/aromatic N) is 3. The summed E-state index contributed by atoms with van der Waals surface area (Å²) in [6.45, 7) is 3.10. The van der Waals surface area contributed by atoms with Crippen LogP contribution in [0, 0.1) is 0 Å². The zero-order valence-corrected chi connectivity index (χ0v) is 17.4. The second-order valence-electron chi connectivity index (χ2n) is 7.08. The summed E-state index contributed by atoms with van der Waals surface area (Å²) in [5.41, 5.74) is 5.07. The van der Waals surface area contributed by atoms with Gasteiger partial charge in [-0.2, -0.15) is 0 Å². The van der Waals surface area contributed by atoms with E-state index in [4.69, 9.17) is 4.42 Å². The van der Waals surface area contributed by atoms with Crippen LogP contribution in [-0.2, 0) is 0 Å². The van der Waals surface area contributed by atoms with E-state index in [0.717, 1.165) is 29.9 Å². The second kappa shape index (κ2) is 9.09. The van der Waals surface area contributed by atoms with Gasteiger partial charge in [0.1, 0.15) is 0 Å². The van der Waals surface area contributed by atoms with Crippen LogP contribution in [0.15, 0.2) is 68.6 Å². The summed E-state index contributed by atoms with van der Waals surface area (Å²) >= 11 is 1.46. The topological polar surface area (TPSA) is 51.3 Å². The lowest BCUT2D eigenvalue weighted by atomic mass is 10.1. The van der Waals surface area contributed by atoms with Gasteiger partial charge in [-0.1, -0.05) is 56.9 Å². The number of benzene rings is 2. The predicted octanol–water partition coefficient (Wildman–Crippen LogP) is 6.15. The van der Waals surface area contributed by atoms with E-state index in [2.05, 4.69) is 28.9 Å². The highest BCUT2D eigenvalue weighted by atomic mass is 32.1. The standard InChI is InChI=1S/C23H25N3O2S/c1-2-3-4-5-9-15-25(18-11-7-6-8-12-18)19-13-10-14-20-22(19)28-23(27)26(20)21-16-29-17-24-21/h6-8,10-14,16-17H,2-5,9,15H2,1H3. The molecule has 0 amide bonds. The number of fused-ring (bicyclic) bond motifs is 1. The largest absolute Gasteiger partial charge is 0.425 e. The van der Waals surface area contributed by atoms with Crippen molar-refractivity contribution >= 4 is 33.8 Å². The molecule has 0 atom stereocenters. The molecule has 5 nitrogen and oxygen atoms in total. The van der Waals surface area contributed by atoms with Gasteiger partial charge >= 0.3 is 5.76 Å². The molecule has 2 aromatic heterocycles. The molecular weight excluding hydrogens is 382 g/mol. The number of rotatable bonds is 9. The third kappa shape index (κ3) is 4.12. The highest BCUT2D eigenvalue weighted by Crippen LogP contribution is 2.33. The number of aromatic nitrogens is 2. The van der Waals surface area contributed by atoms with Crippen molar-refractivity contribution in [2.45, 2.75) is 39.0 Å². The first kappa shape index (κ1) is 19.5. The van der Waals surface area contributed by atoms with Crippen LogP contribution in [0.25, 0.3) is 16.9 Å².